The van der Waals surface area contributed by atoms with E-state index >= 15 is 0 Å². The molecule has 2 nitrogen and oxygen atoms in total. The molecule has 1 unspecified atom stereocenters. The Morgan fingerprint density at radius 1 is 1.05 bits per heavy atom. The van der Waals surface area contributed by atoms with Crippen LogP contribution in [0.2, 0.25) is 0 Å². The Hall–Kier alpha value is -2.01. The first-order valence-electron chi connectivity index (χ1n) is 6.52. The minimum Gasteiger partial charge on any atom is -0.494 e. The SMILES string of the molecule is COc1ccc(CNC(C)c2c(F)cccc2F)cc1F. The molecule has 21 heavy (non-hydrogen) atoms. The molecule has 0 aliphatic heterocycles. The summed E-state index contributed by atoms with van der Waals surface area (Å²) >= 11 is 0. The molecule has 0 fully saturated rings. The molecule has 0 spiro atoms. The third kappa shape index (κ3) is 3.55. The largest absolute Gasteiger partial charge is 0.494 e. The van der Waals surface area contributed by atoms with Gasteiger partial charge in [0.2, 0.25) is 0 Å². The quantitative estimate of drug-likeness (QED) is 0.901. The number of hydrogen-bond donors (Lipinski definition) is 1. The summed E-state index contributed by atoms with van der Waals surface area (Å²) in [6.45, 7) is 1.94. The molecule has 0 aromatic heterocycles. The Kier molecular flexibility index (Phi) is 4.85. The standard InChI is InChI=1S/C16H16F3NO/c1-10(16-12(17)4-3-5-13(16)18)20-9-11-6-7-15(21-2)14(19)8-11/h3-8,10,20H,9H2,1-2H3. The normalized spacial score (nSPS) is 12.2. The van der Waals surface area contributed by atoms with Crippen LogP contribution in [-0.4, -0.2) is 7.11 Å². The Morgan fingerprint density at radius 3 is 2.29 bits per heavy atom. The van der Waals surface area contributed by atoms with E-state index in [1.165, 1.54) is 37.4 Å². The highest BCUT2D eigenvalue weighted by molar-refractivity contribution is 5.29. The van der Waals surface area contributed by atoms with Gasteiger partial charge in [-0.25, -0.2) is 13.2 Å². The summed E-state index contributed by atoms with van der Waals surface area (Å²) in [5.74, 6) is -1.51. The topological polar surface area (TPSA) is 21.3 Å². The molecule has 1 N–H and O–H groups in total. The number of hydrogen-bond acceptors (Lipinski definition) is 2. The molecule has 0 amide bonds. The van der Waals surface area contributed by atoms with Crippen molar-refractivity contribution >= 4 is 0 Å². The fraction of sp³-hybridized carbons (Fsp3) is 0.250. The molecule has 0 saturated heterocycles. The van der Waals surface area contributed by atoms with E-state index < -0.39 is 23.5 Å². The smallest absolute Gasteiger partial charge is 0.165 e. The Bertz CT molecular complexity index is 611. The van der Waals surface area contributed by atoms with Crippen molar-refractivity contribution in [3.05, 3.63) is 65.0 Å². The van der Waals surface area contributed by atoms with Crippen molar-refractivity contribution in [1.29, 1.82) is 0 Å². The molecule has 112 valence electrons. The van der Waals surface area contributed by atoms with E-state index in [1.54, 1.807) is 13.0 Å². The third-order valence-corrected chi connectivity index (χ3v) is 3.26. The maximum Gasteiger partial charge on any atom is 0.165 e. The van der Waals surface area contributed by atoms with E-state index in [0.717, 1.165) is 0 Å². The molecular formula is C16H16F3NO. The van der Waals surface area contributed by atoms with Crippen LogP contribution < -0.4 is 10.1 Å². The van der Waals surface area contributed by atoms with E-state index in [1.807, 2.05) is 0 Å². The Labute approximate surface area is 121 Å². The second kappa shape index (κ2) is 6.63. The molecule has 5 heteroatoms. The van der Waals surface area contributed by atoms with Crippen molar-refractivity contribution in [2.75, 3.05) is 7.11 Å². The molecule has 2 aromatic rings. The van der Waals surface area contributed by atoms with Crippen LogP contribution in [-0.2, 0) is 6.54 Å². The monoisotopic (exact) mass is 295 g/mol. The number of halogens is 3. The number of nitrogens with one attached hydrogen (secondary N) is 1. The third-order valence-electron chi connectivity index (χ3n) is 3.26. The predicted molar refractivity (Wildman–Crippen MR) is 74.6 cm³/mol. The second-order valence-corrected chi connectivity index (χ2v) is 4.71. The van der Waals surface area contributed by atoms with Crippen LogP contribution in [0.15, 0.2) is 36.4 Å². The summed E-state index contributed by atoms with van der Waals surface area (Å²) in [7, 11) is 1.39. The molecule has 0 bridgehead atoms. The predicted octanol–water partition coefficient (Wildman–Crippen LogP) is 3.96. The summed E-state index contributed by atoms with van der Waals surface area (Å²) in [6.07, 6.45) is 0. The van der Waals surface area contributed by atoms with Crippen molar-refractivity contribution < 1.29 is 17.9 Å². The van der Waals surface area contributed by atoms with Gasteiger partial charge in [0.1, 0.15) is 11.6 Å². The van der Waals surface area contributed by atoms with E-state index in [4.69, 9.17) is 4.74 Å². The van der Waals surface area contributed by atoms with Crippen LogP contribution in [0.25, 0.3) is 0 Å². The molecule has 1 atom stereocenters. The highest BCUT2D eigenvalue weighted by Crippen LogP contribution is 2.22. The lowest BCUT2D eigenvalue weighted by molar-refractivity contribution is 0.386. The van der Waals surface area contributed by atoms with Gasteiger partial charge in [0.25, 0.3) is 0 Å². The first-order valence-corrected chi connectivity index (χ1v) is 6.52. The zero-order valence-electron chi connectivity index (χ0n) is 11.8. The Balaban J connectivity index is 2.07. The van der Waals surface area contributed by atoms with E-state index in [9.17, 15) is 13.2 Å². The van der Waals surface area contributed by atoms with Gasteiger partial charge in [0.05, 0.1) is 7.11 Å². The van der Waals surface area contributed by atoms with Gasteiger partial charge in [-0.3, -0.25) is 0 Å². The highest BCUT2D eigenvalue weighted by Gasteiger charge is 2.15. The summed E-state index contributed by atoms with van der Waals surface area (Å²) in [4.78, 5) is 0. The van der Waals surface area contributed by atoms with E-state index in [0.29, 0.717) is 5.56 Å². The van der Waals surface area contributed by atoms with Gasteiger partial charge in [-0.05, 0) is 36.8 Å². The molecule has 0 radical (unpaired) electrons. The first-order chi connectivity index (χ1) is 10.0. The lowest BCUT2D eigenvalue weighted by atomic mass is 10.1. The summed E-state index contributed by atoms with van der Waals surface area (Å²) < 4.78 is 45.7. The van der Waals surface area contributed by atoms with E-state index in [2.05, 4.69) is 5.32 Å². The lowest BCUT2D eigenvalue weighted by Gasteiger charge is -2.16. The van der Waals surface area contributed by atoms with Crippen molar-refractivity contribution in [3.8, 4) is 5.75 Å². The molecule has 0 aliphatic carbocycles. The summed E-state index contributed by atoms with van der Waals surface area (Å²) in [5.41, 5.74) is 0.642. The molecule has 0 saturated carbocycles. The molecule has 0 heterocycles. The maximum atomic E-state index is 13.6. The van der Waals surface area contributed by atoms with Crippen LogP contribution in [0.3, 0.4) is 0 Å². The van der Waals surface area contributed by atoms with Gasteiger partial charge in [0, 0.05) is 18.2 Å². The van der Waals surface area contributed by atoms with Crippen molar-refractivity contribution in [1.82, 2.24) is 5.32 Å². The zero-order chi connectivity index (χ0) is 15.4. The van der Waals surface area contributed by atoms with Gasteiger partial charge < -0.3 is 10.1 Å². The average molecular weight is 295 g/mol. The molecule has 2 aromatic carbocycles. The molecule has 2 rings (SSSR count). The van der Waals surface area contributed by atoms with Crippen LogP contribution in [0.5, 0.6) is 5.75 Å². The van der Waals surface area contributed by atoms with Crippen LogP contribution in [0.1, 0.15) is 24.1 Å². The molecular weight excluding hydrogens is 279 g/mol. The minimum absolute atomic E-state index is 0.0218. The van der Waals surface area contributed by atoms with Crippen LogP contribution in [0, 0.1) is 17.5 Å². The first kappa shape index (κ1) is 15.4. The van der Waals surface area contributed by atoms with Crippen LogP contribution >= 0.6 is 0 Å². The van der Waals surface area contributed by atoms with Gasteiger partial charge in [-0.2, -0.15) is 0 Å². The minimum atomic E-state index is -0.601. The molecule has 0 aliphatic rings. The van der Waals surface area contributed by atoms with Gasteiger partial charge in [-0.15, -0.1) is 0 Å². The average Bonchev–Trinajstić information content (AvgIpc) is 2.45. The Morgan fingerprint density at radius 2 is 1.71 bits per heavy atom. The van der Waals surface area contributed by atoms with Crippen molar-refractivity contribution in [2.24, 2.45) is 0 Å². The van der Waals surface area contributed by atoms with Gasteiger partial charge in [0.15, 0.2) is 11.6 Å². The van der Waals surface area contributed by atoms with Crippen molar-refractivity contribution in [2.45, 2.75) is 19.5 Å². The summed E-state index contributed by atoms with van der Waals surface area (Å²) in [5, 5.41) is 2.97. The number of ether oxygens (including phenoxy) is 1. The number of rotatable bonds is 5. The fourth-order valence-corrected chi connectivity index (χ4v) is 2.12. The number of methoxy groups -OCH3 is 1. The van der Waals surface area contributed by atoms with Gasteiger partial charge in [-0.1, -0.05) is 12.1 Å². The number of benzene rings is 2. The maximum absolute atomic E-state index is 13.6. The lowest BCUT2D eigenvalue weighted by Crippen LogP contribution is -2.20. The zero-order valence-corrected chi connectivity index (χ0v) is 11.8. The second-order valence-electron chi connectivity index (χ2n) is 4.71. The van der Waals surface area contributed by atoms with Crippen molar-refractivity contribution in [3.63, 3.8) is 0 Å². The van der Waals surface area contributed by atoms with E-state index in [-0.39, 0.29) is 17.9 Å². The summed E-state index contributed by atoms with van der Waals surface area (Å²) in [6, 6.07) is 7.75. The highest BCUT2D eigenvalue weighted by atomic mass is 19.1. The van der Waals surface area contributed by atoms with Crippen LogP contribution in [0.4, 0.5) is 13.2 Å². The fourth-order valence-electron chi connectivity index (χ4n) is 2.12. The van der Waals surface area contributed by atoms with Gasteiger partial charge >= 0.3 is 0 Å².